The number of unbranched alkanes of at least 4 members (excludes halogenated alkanes) is 1. The van der Waals surface area contributed by atoms with Gasteiger partial charge in [-0.3, -0.25) is 14.5 Å². The number of likely N-dealkylation sites (tertiary alicyclic amines) is 1. The van der Waals surface area contributed by atoms with Crippen molar-refractivity contribution in [1.82, 2.24) is 15.5 Å². The Kier molecular flexibility index (Phi) is 8.62. The predicted molar refractivity (Wildman–Crippen MR) is 105 cm³/mol. The molecule has 1 fully saturated rings. The van der Waals surface area contributed by atoms with Crippen molar-refractivity contribution in [3.63, 3.8) is 0 Å². The van der Waals surface area contributed by atoms with Gasteiger partial charge in [0.05, 0.1) is 12.5 Å². The summed E-state index contributed by atoms with van der Waals surface area (Å²) >= 11 is 0. The highest BCUT2D eigenvalue weighted by Crippen LogP contribution is 2.18. The summed E-state index contributed by atoms with van der Waals surface area (Å²) in [5, 5.41) is 5.99. The van der Waals surface area contributed by atoms with Gasteiger partial charge in [-0.15, -0.1) is 0 Å². The van der Waals surface area contributed by atoms with Crippen molar-refractivity contribution in [2.75, 3.05) is 19.6 Å². The van der Waals surface area contributed by atoms with Crippen molar-refractivity contribution in [2.24, 2.45) is 0 Å². The first kappa shape index (κ1) is 20.4. The number of amides is 2. The van der Waals surface area contributed by atoms with Crippen molar-refractivity contribution in [3.05, 3.63) is 35.9 Å². The summed E-state index contributed by atoms with van der Waals surface area (Å²) in [6, 6.07) is 9.84. The van der Waals surface area contributed by atoms with Gasteiger partial charge in [-0.2, -0.15) is 0 Å². The molecule has 0 radical (unpaired) electrons. The number of hydrogen-bond acceptors (Lipinski definition) is 3. The maximum atomic E-state index is 12.5. The Morgan fingerprint density at radius 2 is 2.00 bits per heavy atom. The smallest absolute Gasteiger partial charge is 0.222 e. The molecule has 26 heavy (non-hydrogen) atoms. The van der Waals surface area contributed by atoms with E-state index in [9.17, 15) is 9.59 Å². The molecule has 1 heterocycles. The molecule has 2 N–H and O–H groups in total. The summed E-state index contributed by atoms with van der Waals surface area (Å²) in [7, 11) is 0. The Bertz CT molecular complexity index is 562. The van der Waals surface area contributed by atoms with E-state index in [0.29, 0.717) is 12.6 Å². The topological polar surface area (TPSA) is 61.4 Å². The van der Waals surface area contributed by atoms with Crippen molar-refractivity contribution in [2.45, 2.75) is 64.5 Å². The fraction of sp³-hybridized carbons (Fsp3) is 0.619. The first-order valence-electron chi connectivity index (χ1n) is 9.93. The molecule has 2 rings (SSSR count). The highest BCUT2D eigenvalue weighted by atomic mass is 16.2. The van der Waals surface area contributed by atoms with Gasteiger partial charge in [-0.05, 0) is 37.9 Å². The van der Waals surface area contributed by atoms with E-state index in [1.54, 1.807) is 0 Å². The third-order valence-corrected chi connectivity index (χ3v) is 5.05. The van der Waals surface area contributed by atoms with Gasteiger partial charge < -0.3 is 10.6 Å². The Morgan fingerprint density at radius 3 is 2.69 bits per heavy atom. The lowest BCUT2D eigenvalue weighted by Crippen LogP contribution is -2.47. The third kappa shape index (κ3) is 6.79. The molecule has 2 unspecified atom stereocenters. The molecule has 0 aromatic heterocycles. The minimum absolute atomic E-state index is 0.00591. The zero-order chi connectivity index (χ0) is 18.8. The Hall–Kier alpha value is -1.88. The summed E-state index contributed by atoms with van der Waals surface area (Å²) in [6.07, 6.45) is 6.33. The number of piperidine rings is 1. The van der Waals surface area contributed by atoms with Crippen LogP contribution in [0.15, 0.2) is 30.3 Å². The SMILES string of the molecule is CCCCN1CCCCC1CNC(=O)CC(NC(C)=O)c1ccccc1. The molecule has 5 heteroatoms. The van der Waals surface area contributed by atoms with Crippen LogP contribution in [-0.2, 0) is 9.59 Å². The molecule has 0 bridgehead atoms. The highest BCUT2D eigenvalue weighted by Gasteiger charge is 2.23. The van der Waals surface area contributed by atoms with Crippen LogP contribution in [0.4, 0.5) is 0 Å². The average molecular weight is 360 g/mol. The van der Waals surface area contributed by atoms with Crippen LogP contribution in [0, 0.1) is 0 Å². The molecule has 5 nitrogen and oxygen atoms in total. The van der Waals surface area contributed by atoms with Crippen molar-refractivity contribution >= 4 is 11.8 Å². The van der Waals surface area contributed by atoms with E-state index in [2.05, 4.69) is 22.5 Å². The van der Waals surface area contributed by atoms with Gasteiger partial charge in [0.2, 0.25) is 11.8 Å². The van der Waals surface area contributed by atoms with E-state index < -0.39 is 0 Å². The lowest BCUT2D eigenvalue weighted by Gasteiger charge is -2.36. The number of hydrogen-bond donors (Lipinski definition) is 2. The summed E-state index contributed by atoms with van der Waals surface area (Å²) in [5.41, 5.74) is 0.958. The Morgan fingerprint density at radius 1 is 1.23 bits per heavy atom. The highest BCUT2D eigenvalue weighted by molar-refractivity contribution is 5.79. The van der Waals surface area contributed by atoms with Crippen LogP contribution >= 0.6 is 0 Å². The van der Waals surface area contributed by atoms with Crippen LogP contribution in [0.25, 0.3) is 0 Å². The molecule has 2 amide bonds. The van der Waals surface area contributed by atoms with E-state index in [1.165, 1.54) is 32.6 Å². The Labute approximate surface area is 157 Å². The largest absolute Gasteiger partial charge is 0.354 e. The molecule has 1 aliphatic rings. The van der Waals surface area contributed by atoms with Crippen LogP contribution in [0.5, 0.6) is 0 Å². The second-order valence-electron chi connectivity index (χ2n) is 7.21. The fourth-order valence-corrected chi connectivity index (χ4v) is 3.62. The molecular weight excluding hydrogens is 326 g/mol. The third-order valence-electron chi connectivity index (χ3n) is 5.05. The summed E-state index contributed by atoms with van der Waals surface area (Å²) < 4.78 is 0. The molecular formula is C21H33N3O2. The number of benzene rings is 1. The molecule has 0 saturated carbocycles. The number of nitrogens with zero attached hydrogens (tertiary/aromatic N) is 1. The zero-order valence-corrected chi connectivity index (χ0v) is 16.2. The lowest BCUT2D eigenvalue weighted by atomic mass is 10.0. The minimum atomic E-state index is -0.281. The maximum Gasteiger partial charge on any atom is 0.222 e. The van der Waals surface area contributed by atoms with Crippen LogP contribution < -0.4 is 10.6 Å². The van der Waals surface area contributed by atoms with E-state index in [-0.39, 0.29) is 24.3 Å². The van der Waals surface area contributed by atoms with Gasteiger partial charge in [0.1, 0.15) is 0 Å². The minimum Gasteiger partial charge on any atom is -0.354 e. The van der Waals surface area contributed by atoms with Crippen LogP contribution in [0.3, 0.4) is 0 Å². The average Bonchev–Trinajstić information content (AvgIpc) is 2.65. The zero-order valence-electron chi connectivity index (χ0n) is 16.2. The monoisotopic (exact) mass is 359 g/mol. The first-order valence-corrected chi connectivity index (χ1v) is 9.93. The number of nitrogens with one attached hydrogen (secondary N) is 2. The maximum absolute atomic E-state index is 12.5. The molecule has 1 aliphatic heterocycles. The number of rotatable bonds is 9. The van der Waals surface area contributed by atoms with Crippen LogP contribution in [-0.4, -0.2) is 42.4 Å². The van der Waals surface area contributed by atoms with Gasteiger partial charge in [0.25, 0.3) is 0 Å². The quantitative estimate of drug-likeness (QED) is 0.712. The molecule has 0 spiro atoms. The summed E-state index contributed by atoms with van der Waals surface area (Å²) in [5.74, 6) is -0.127. The molecule has 1 saturated heterocycles. The van der Waals surface area contributed by atoms with Gasteiger partial charge >= 0.3 is 0 Å². The second-order valence-corrected chi connectivity index (χ2v) is 7.21. The van der Waals surface area contributed by atoms with Crippen molar-refractivity contribution in [3.8, 4) is 0 Å². The van der Waals surface area contributed by atoms with Gasteiger partial charge in [-0.25, -0.2) is 0 Å². The number of carbonyl (C=O) groups is 2. The molecule has 2 atom stereocenters. The molecule has 144 valence electrons. The van der Waals surface area contributed by atoms with Gasteiger partial charge in [-0.1, -0.05) is 50.1 Å². The normalized spacial score (nSPS) is 18.9. The van der Waals surface area contributed by atoms with E-state index >= 15 is 0 Å². The number of carbonyl (C=O) groups excluding carboxylic acids is 2. The molecule has 1 aromatic rings. The predicted octanol–water partition coefficient (Wildman–Crippen LogP) is 3.02. The van der Waals surface area contributed by atoms with Crippen molar-refractivity contribution < 1.29 is 9.59 Å². The lowest BCUT2D eigenvalue weighted by molar-refractivity contribution is -0.123. The Balaban J connectivity index is 1.87. The first-order chi connectivity index (χ1) is 12.6. The van der Waals surface area contributed by atoms with Crippen LogP contribution in [0.2, 0.25) is 0 Å². The molecule has 1 aromatic carbocycles. The van der Waals surface area contributed by atoms with Gasteiger partial charge in [0, 0.05) is 19.5 Å². The van der Waals surface area contributed by atoms with E-state index in [0.717, 1.165) is 25.1 Å². The van der Waals surface area contributed by atoms with E-state index in [4.69, 9.17) is 0 Å². The van der Waals surface area contributed by atoms with Gasteiger partial charge in [0.15, 0.2) is 0 Å². The van der Waals surface area contributed by atoms with E-state index in [1.807, 2.05) is 30.3 Å². The standard InChI is InChI=1S/C21H33N3O2/c1-3-4-13-24-14-9-8-12-19(24)16-22-21(26)15-20(23-17(2)25)18-10-6-5-7-11-18/h5-7,10-11,19-20H,3-4,8-9,12-16H2,1-2H3,(H,22,26)(H,23,25). The summed E-state index contributed by atoms with van der Waals surface area (Å²) in [6.45, 7) is 6.66. The fourth-order valence-electron chi connectivity index (χ4n) is 3.62. The summed E-state index contributed by atoms with van der Waals surface area (Å²) in [4.78, 5) is 26.5. The van der Waals surface area contributed by atoms with Crippen molar-refractivity contribution in [1.29, 1.82) is 0 Å². The second kappa shape index (κ2) is 11.0. The molecule has 0 aliphatic carbocycles. The van der Waals surface area contributed by atoms with Crippen LogP contribution in [0.1, 0.15) is 64.0 Å².